The Morgan fingerprint density at radius 2 is 1.75 bits per heavy atom. The Bertz CT molecular complexity index is 1400. The number of hydrogen-bond acceptors (Lipinski definition) is 4. The predicted octanol–water partition coefficient (Wildman–Crippen LogP) is 5.74. The van der Waals surface area contributed by atoms with Gasteiger partial charge in [-0.25, -0.2) is 4.98 Å². The molecule has 2 aromatic heterocycles. The van der Waals surface area contributed by atoms with Gasteiger partial charge in [-0.3, -0.25) is 14.3 Å². The molecule has 4 aromatic rings. The molecule has 0 unspecified atom stereocenters. The summed E-state index contributed by atoms with van der Waals surface area (Å²) in [4.78, 5) is 31.5. The molecule has 0 saturated heterocycles. The number of fused-ring (bicyclic) bond motifs is 1. The number of rotatable bonds is 6. The number of aryl methyl sites for hydroxylation is 2. The number of pyridine rings is 1. The van der Waals surface area contributed by atoms with Gasteiger partial charge in [0.1, 0.15) is 0 Å². The van der Waals surface area contributed by atoms with Crippen molar-refractivity contribution in [2.75, 3.05) is 5.32 Å². The molecule has 0 atom stereocenters. The second-order valence-electron chi connectivity index (χ2n) is 9.45. The highest BCUT2D eigenvalue weighted by Crippen LogP contribution is 2.27. The molecule has 36 heavy (non-hydrogen) atoms. The molecule has 1 aliphatic carbocycles. The fourth-order valence-electron chi connectivity index (χ4n) is 4.77. The third-order valence-corrected chi connectivity index (χ3v) is 6.80. The van der Waals surface area contributed by atoms with Crippen molar-refractivity contribution in [1.82, 2.24) is 20.1 Å². The standard InChI is InChI=1S/C29H31N5O2/c1-3-34-18-26(27(33-34)29(36)30-21-9-5-4-6-10-21)32-28(35)23-17-25(20-15-13-19(2)14-16-20)31-24-12-8-7-11-22(23)24/h7-8,11-18,21H,3-6,9-10H2,1-2H3,(H,30,36)(H,32,35). The van der Waals surface area contributed by atoms with Crippen LogP contribution in [0.1, 0.15) is 65.4 Å². The number of hydrogen-bond donors (Lipinski definition) is 2. The number of amides is 2. The molecule has 7 nitrogen and oxygen atoms in total. The van der Waals surface area contributed by atoms with Crippen molar-refractivity contribution in [3.8, 4) is 11.3 Å². The Labute approximate surface area is 210 Å². The van der Waals surface area contributed by atoms with E-state index in [1.807, 2.05) is 68.4 Å². The van der Waals surface area contributed by atoms with E-state index in [-0.39, 0.29) is 23.6 Å². The first-order chi connectivity index (χ1) is 17.5. The average Bonchev–Trinajstić information content (AvgIpc) is 3.32. The highest BCUT2D eigenvalue weighted by atomic mass is 16.2. The smallest absolute Gasteiger partial charge is 0.274 e. The van der Waals surface area contributed by atoms with E-state index in [2.05, 4.69) is 15.7 Å². The maximum absolute atomic E-state index is 13.6. The monoisotopic (exact) mass is 481 g/mol. The van der Waals surface area contributed by atoms with Crippen LogP contribution in [-0.2, 0) is 6.54 Å². The molecule has 7 heteroatoms. The maximum Gasteiger partial charge on any atom is 0.274 e. The third-order valence-electron chi connectivity index (χ3n) is 6.80. The topological polar surface area (TPSA) is 88.9 Å². The summed E-state index contributed by atoms with van der Waals surface area (Å²) in [6.07, 6.45) is 7.13. The van der Waals surface area contributed by atoms with Gasteiger partial charge in [0.2, 0.25) is 0 Å². The summed E-state index contributed by atoms with van der Waals surface area (Å²) in [5.74, 6) is -0.548. The molecule has 1 saturated carbocycles. The van der Waals surface area contributed by atoms with Gasteiger partial charge < -0.3 is 10.6 Å². The number of aromatic nitrogens is 3. The molecule has 0 radical (unpaired) electrons. The van der Waals surface area contributed by atoms with Gasteiger partial charge in [-0.2, -0.15) is 5.10 Å². The van der Waals surface area contributed by atoms with Gasteiger partial charge in [0.15, 0.2) is 5.69 Å². The van der Waals surface area contributed by atoms with Gasteiger partial charge >= 0.3 is 0 Å². The van der Waals surface area contributed by atoms with Gasteiger partial charge in [0, 0.05) is 29.7 Å². The Kier molecular flexibility index (Phi) is 6.80. The lowest BCUT2D eigenvalue weighted by Crippen LogP contribution is -2.36. The Balaban J connectivity index is 1.47. The average molecular weight is 482 g/mol. The predicted molar refractivity (Wildman–Crippen MR) is 142 cm³/mol. The van der Waals surface area contributed by atoms with Crippen LogP contribution in [0.3, 0.4) is 0 Å². The molecule has 0 spiro atoms. The molecule has 0 bridgehead atoms. The van der Waals surface area contributed by atoms with Crippen molar-refractivity contribution in [3.05, 3.63) is 77.6 Å². The Morgan fingerprint density at radius 1 is 1.00 bits per heavy atom. The van der Waals surface area contributed by atoms with Crippen LogP contribution in [0.15, 0.2) is 60.8 Å². The molecular weight excluding hydrogens is 450 g/mol. The van der Waals surface area contributed by atoms with E-state index < -0.39 is 0 Å². The zero-order valence-electron chi connectivity index (χ0n) is 20.8. The van der Waals surface area contributed by atoms with E-state index in [1.165, 1.54) is 6.42 Å². The highest BCUT2D eigenvalue weighted by Gasteiger charge is 2.23. The van der Waals surface area contributed by atoms with E-state index in [0.717, 1.165) is 53.4 Å². The highest BCUT2D eigenvalue weighted by molar-refractivity contribution is 6.14. The summed E-state index contributed by atoms with van der Waals surface area (Å²) >= 11 is 0. The van der Waals surface area contributed by atoms with Crippen molar-refractivity contribution in [3.63, 3.8) is 0 Å². The first-order valence-corrected chi connectivity index (χ1v) is 12.7. The van der Waals surface area contributed by atoms with Crippen molar-refractivity contribution in [2.24, 2.45) is 0 Å². The number of carbonyl (C=O) groups is 2. The first-order valence-electron chi connectivity index (χ1n) is 12.7. The molecule has 1 fully saturated rings. The SMILES string of the molecule is CCn1cc(NC(=O)c2cc(-c3ccc(C)cc3)nc3ccccc23)c(C(=O)NC2CCCCC2)n1. The van der Waals surface area contributed by atoms with Crippen molar-refractivity contribution >= 4 is 28.4 Å². The number of nitrogens with one attached hydrogen (secondary N) is 2. The molecule has 184 valence electrons. The Hall–Kier alpha value is -4.00. The number of anilines is 1. The minimum absolute atomic E-state index is 0.155. The molecule has 1 aliphatic rings. The van der Waals surface area contributed by atoms with Crippen LogP contribution in [0, 0.1) is 6.92 Å². The van der Waals surface area contributed by atoms with Crippen LogP contribution in [0.4, 0.5) is 5.69 Å². The molecule has 5 rings (SSSR count). The minimum Gasteiger partial charge on any atom is -0.348 e. The van der Waals surface area contributed by atoms with E-state index in [1.54, 1.807) is 10.9 Å². The van der Waals surface area contributed by atoms with Gasteiger partial charge in [-0.15, -0.1) is 0 Å². The summed E-state index contributed by atoms with van der Waals surface area (Å²) in [6.45, 7) is 4.58. The van der Waals surface area contributed by atoms with Gasteiger partial charge in [-0.05, 0) is 38.8 Å². The lowest BCUT2D eigenvalue weighted by Gasteiger charge is -2.22. The first kappa shape index (κ1) is 23.7. The minimum atomic E-state index is -0.302. The molecular formula is C29H31N5O2. The zero-order chi connectivity index (χ0) is 25.1. The van der Waals surface area contributed by atoms with Crippen molar-refractivity contribution in [2.45, 2.75) is 58.5 Å². The third kappa shape index (κ3) is 5.00. The fraction of sp³-hybridized carbons (Fsp3) is 0.310. The quantitative estimate of drug-likeness (QED) is 0.367. The van der Waals surface area contributed by atoms with E-state index in [0.29, 0.717) is 17.8 Å². The summed E-state index contributed by atoms with van der Waals surface area (Å²) in [6, 6.07) is 17.6. The lowest BCUT2D eigenvalue weighted by molar-refractivity contribution is 0.0922. The van der Waals surface area contributed by atoms with Crippen LogP contribution >= 0.6 is 0 Å². The summed E-state index contributed by atoms with van der Waals surface area (Å²) < 4.78 is 1.67. The number of carbonyl (C=O) groups excluding carboxylic acids is 2. The van der Waals surface area contributed by atoms with Gasteiger partial charge in [0.05, 0.1) is 22.5 Å². The molecule has 2 aromatic carbocycles. The van der Waals surface area contributed by atoms with Crippen LogP contribution in [0.2, 0.25) is 0 Å². The summed E-state index contributed by atoms with van der Waals surface area (Å²) in [5, 5.41) is 11.3. The number of nitrogens with zero attached hydrogens (tertiary/aromatic N) is 3. The van der Waals surface area contributed by atoms with Crippen molar-refractivity contribution < 1.29 is 9.59 Å². The molecule has 2 N–H and O–H groups in total. The normalized spacial score (nSPS) is 14.1. The van der Waals surface area contributed by atoms with Gasteiger partial charge in [-0.1, -0.05) is 67.3 Å². The largest absolute Gasteiger partial charge is 0.348 e. The second kappa shape index (κ2) is 10.3. The van der Waals surface area contributed by atoms with E-state index in [4.69, 9.17) is 4.98 Å². The summed E-state index contributed by atoms with van der Waals surface area (Å²) in [7, 11) is 0. The second-order valence-corrected chi connectivity index (χ2v) is 9.45. The van der Waals surface area contributed by atoms with E-state index >= 15 is 0 Å². The zero-order valence-corrected chi connectivity index (χ0v) is 20.8. The fourth-order valence-corrected chi connectivity index (χ4v) is 4.77. The molecule has 2 amide bonds. The van der Waals surface area contributed by atoms with E-state index in [9.17, 15) is 9.59 Å². The number of benzene rings is 2. The lowest BCUT2D eigenvalue weighted by atomic mass is 9.95. The van der Waals surface area contributed by atoms with Crippen LogP contribution in [-0.4, -0.2) is 32.6 Å². The maximum atomic E-state index is 13.6. The van der Waals surface area contributed by atoms with Crippen LogP contribution in [0.5, 0.6) is 0 Å². The molecule has 0 aliphatic heterocycles. The van der Waals surface area contributed by atoms with Crippen LogP contribution < -0.4 is 10.6 Å². The van der Waals surface area contributed by atoms with Crippen LogP contribution in [0.25, 0.3) is 22.2 Å². The Morgan fingerprint density at radius 3 is 2.50 bits per heavy atom. The summed E-state index contributed by atoms with van der Waals surface area (Å²) in [5.41, 5.74) is 4.70. The molecule has 2 heterocycles. The van der Waals surface area contributed by atoms with Crippen molar-refractivity contribution in [1.29, 1.82) is 0 Å². The number of para-hydroxylation sites is 1. The van der Waals surface area contributed by atoms with Gasteiger partial charge in [0.25, 0.3) is 11.8 Å².